The molecule has 0 spiro atoms. The molecule has 0 bridgehead atoms. The Morgan fingerprint density at radius 3 is 2.54 bits per heavy atom. The molecule has 2 fully saturated rings. The van der Waals surface area contributed by atoms with Crippen LogP contribution >= 0.6 is 0 Å². The van der Waals surface area contributed by atoms with Crippen molar-refractivity contribution < 1.29 is 45.9 Å². The van der Waals surface area contributed by atoms with Gasteiger partial charge in [-0.1, -0.05) is 0 Å². The summed E-state index contributed by atoms with van der Waals surface area (Å²) in [6.45, 7) is -0.482. The highest BCUT2D eigenvalue weighted by atomic mass is 19.3. The lowest BCUT2D eigenvalue weighted by atomic mass is 10.2. The van der Waals surface area contributed by atoms with Gasteiger partial charge >= 0.3 is 18.4 Å². The number of amides is 3. The number of halogens is 4. The van der Waals surface area contributed by atoms with E-state index in [1.165, 1.54) is 17.2 Å². The summed E-state index contributed by atoms with van der Waals surface area (Å²) in [6, 6.07) is 4.89. The van der Waals surface area contributed by atoms with Gasteiger partial charge in [0.05, 0.1) is 38.2 Å². The van der Waals surface area contributed by atoms with E-state index in [1.807, 2.05) is 5.32 Å². The summed E-state index contributed by atoms with van der Waals surface area (Å²) in [4.78, 5) is 43.2. The number of furan rings is 1. The summed E-state index contributed by atoms with van der Waals surface area (Å²) in [6.07, 6.45) is -3.81. The Morgan fingerprint density at radius 1 is 1.14 bits per heavy atom. The van der Waals surface area contributed by atoms with Gasteiger partial charge in [0.1, 0.15) is 11.8 Å². The molecule has 10 nitrogen and oxygen atoms in total. The van der Waals surface area contributed by atoms with Crippen molar-refractivity contribution in [3.8, 4) is 0 Å². The SMILES string of the molecule is O=C(NC[C@H]1CN(c2cc(F)c(N3CCON(C(=O)c4ccco4)CC3)c(F)c2)C(=O)O1)C(F)F. The Balaban J connectivity index is 1.43. The molecule has 2 aliphatic rings. The minimum absolute atomic E-state index is 0.00460. The lowest BCUT2D eigenvalue weighted by molar-refractivity contribution is -0.132. The fraction of sp³-hybridized carbons (Fsp3) is 0.381. The summed E-state index contributed by atoms with van der Waals surface area (Å²) in [5.74, 6) is -3.92. The number of nitrogens with zero attached hydrogens (tertiary/aromatic N) is 3. The number of hydrogen-bond donors (Lipinski definition) is 1. The summed E-state index contributed by atoms with van der Waals surface area (Å²) >= 11 is 0. The maximum Gasteiger partial charge on any atom is 0.414 e. The summed E-state index contributed by atoms with van der Waals surface area (Å²) in [7, 11) is 0. The van der Waals surface area contributed by atoms with Gasteiger partial charge in [0.2, 0.25) is 0 Å². The second kappa shape index (κ2) is 10.2. The number of cyclic esters (lactones) is 1. The highest BCUT2D eigenvalue weighted by Crippen LogP contribution is 2.31. The molecular formula is C21H20F4N4O6. The van der Waals surface area contributed by atoms with Crippen LogP contribution in [-0.2, 0) is 14.4 Å². The highest BCUT2D eigenvalue weighted by molar-refractivity contribution is 5.91. The number of alkyl halides is 2. The smallest absolute Gasteiger partial charge is 0.414 e. The van der Waals surface area contributed by atoms with Gasteiger partial charge in [0, 0.05) is 25.2 Å². The normalized spacial score (nSPS) is 18.6. The maximum absolute atomic E-state index is 15.0. The molecule has 2 aromatic rings. The van der Waals surface area contributed by atoms with Crippen LogP contribution in [0.2, 0.25) is 0 Å². The van der Waals surface area contributed by atoms with Gasteiger partial charge in [0.25, 0.3) is 5.91 Å². The standard InChI is InChI=1S/C21H20F4N4O6/c22-14-8-12(28-11-13(35-21(28)32)10-26-19(30)18(24)25)9-15(23)17(14)27-3-4-29(34-7-5-27)20(31)16-2-1-6-33-16/h1-2,6,8-9,13,18H,3-5,7,10-11H2,(H,26,30)/t13-/m0/s1. The van der Waals surface area contributed by atoms with E-state index in [2.05, 4.69) is 0 Å². The molecule has 0 unspecified atom stereocenters. The van der Waals surface area contributed by atoms with E-state index in [4.69, 9.17) is 14.0 Å². The van der Waals surface area contributed by atoms with Gasteiger partial charge in [-0.05, 0) is 12.1 Å². The van der Waals surface area contributed by atoms with Crippen LogP contribution in [0.4, 0.5) is 33.7 Å². The minimum Gasteiger partial charge on any atom is -0.459 e. The molecule has 35 heavy (non-hydrogen) atoms. The monoisotopic (exact) mass is 500 g/mol. The Labute approximate surface area is 195 Å². The van der Waals surface area contributed by atoms with Gasteiger partial charge in [-0.25, -0.2) is 18.6 Å². The van der Waals surface area contributed by atoms with Crippen LogP contribution in [-0.4, -0.2) is 74.8 Å². The quantitative estimate of drug-likeness (QED) is 0.607. The van der Waals surface area contributed by atoms with Crippen LogP contribution in [0, 0.1) is 11.6 Å². The number of ether oxygens (including phenoxy) is 1. The number of benzene rings is 1. The molecule has 14 heteroatoms. The lowest BCUT2D eigenvalue weighted by Crippen LogP contribution is -2.37. The molecule has 4 rings (SSSR count). The first-order valence-electron chi connectivity index (χ1n) is 10.5. The first-order chi connectivity index (χ1) is 16.7. The van der Waals surface area contributed by atoms with Crippen molar-refractivity contribution in [2.75, 3.05) is 49.1 Å². The molecule has 0 aliphatic carbocycles. The van der Waals surface area contributed by atoms with E-state index in [1.54, 1.807) is 6.07 Å². The lowest BCUT2D eigenvalue weighted by Gasteiger charge is -2.24. The number of anilines is 2. The predicted molar refractivity (Wildman–Crippen MR) is 111 cm³/mol. The topological polar surface area (TPSA) is 105 Å². The van der Waals surface area contributed by atoms with E-state index < -0.39 is 42.1 Å². The maximum atomic E-state index is 15.0. The third-order valence-corrected chi connectivity index (χ3v) is 5.35. The van der Waals surface area contributed by atoms with E-state index in [-0.39, 0.29) is 56.5 Å². The molecule has 3 heterocycles. The van der Waals surface area contributed by atoms with Gasteiger partial charge in [-0.15, -0.1) is 0 Å². The van der Waals surface area contributed by atoms with Crippen molar-refractivity contribution >= 4 is 29.3 Å². The number of carbonyl (C=O) groups is 3. The Kier molecular flexibility index (Phi) is 7.10. The van der Waals surface area contributed by atoms with Crippen molar-refractivity contribution in [2.24, 2.45) is 0 Å². The number of hydrogen-bond acceptors (Lipinski definition) is 7. The fourth-order valence-corrected chi connectivity index (χ4v) is 3.70. The van der Waals surface area contributed by atoms with Crippen LogP contribution in [0.25, 0.3) is 0 Å². The largest absolute Gasteiger partial charge is 0.459 e. The first-order valence-corrected chi connectivity index (χ1v) is 10.5. The van der Waals surface area contributed by atoms with Crippen LogP contribution in [0.5, 0.6) is 0 Å². The molecule has 188 valence electrons. The second-order valence-electron chi connectivity index (χ2n) is 7.63. The average molecular weight is 500 g/mol. The Morgan fingerprint density at radius 2 is 1.89 bits per heavy atom. The number of hydroxylamine groups is 2. The number of nitrogens with one attached hydrogen (secondary N) is 1. The zero-order valence-electron chi connectivity index (χ0n) is 18.1. The van der Waals surface area contributed by atoms with Crippen molar-refractivity contribution in [1.29, 1.82) is 0 Å². The molecule has 2 saturated heterocycles. The molecular weight excluding hydrogens is 480 g/mol. The molecule has 1 aromatic heterocycles. The Hall–Kier alpha value is -3.81. The highest BCUT2D eigenvalue weighted by Gasteiger charge is 2.34. The van der Waals surface area contributed by atoms with Crippen molar-refractivity contribution in [1.82, 2.24) is 10.4 Å². The first kappa shape index (κ1) is 24.3. The summed E-state index contributed by atoms with van der Waals surface area (Å²) in [5, 5.41) is 2.98. The van der Waals surface area contributed by atoms with Crippen LogP contribution < -0.4 is 15.1 Å². The molecule has 2 aliphatic heterocycles. The van der Waals surface area contributed by atoms with Crippen molar-refractivity contribution in [3.63, 3.8) is 0 Å². The van der Waals surface area contributed by atoms with Crippen LogP contribution in [0.1, 0.15) is 10.6 Å². The summed E-state index contributed by atoms with van der Waals surface area (Å²) in [5.41, 5.74) is -0.505. The van der Waals surface area contributed by atoms with Crippen molar-refractivity contribution in [3.05, 3.63) is 47.9 Å². The molecule has 1 aromatic carbocycles. The van der Waals surface area contributed by atoms with Crippen LogP contribution in [0.15, 0.2) is 34.9 Å². The van der Waals surface area contributed by atoms with Gasteiger partial charge < -0.3 is 19.4 Å². The third kappa shape index (κ3) is 5.31. The summed E-state index contributed by atoms with van der Waals surface area (Å²) < 4.78 is 64.6. The van der Waals surface area contributed by atoms with Gasteiger partial charge in [-0.3, -0.25) is 19.3 Å². The average Bonchev–Trinajstić information content (AvgIpc) is 3.41. The minimum atomic E-state index is -3.22. The number of carbonyl (C=O) groups excluding carboxylic acids is 3. The van der Waals surface area contributed by atoms with Crippen LogP contribution in [0.3, 0.4) is 0 Å². The van der Waals surface area contributed by atoms with E-state index in [9.17, 15) is 31.9 Å². The third-order valence-electron chi connectivity index (χ3n) is 5.35. The van der Waals surface area contributed by atoms with Gasteiger partial charge in [0.15, 0.2) is 17.4 Å². The van der Waals surface area contributed by atoms with Crippen molar-refractivity contribution in [2.45, 2.75) is 12.5 Å². The molecule has 1 atom stereocenters. The second-order valence-corrected chi connectivity index (χ2v) is 7.63. The molecule has 1 N–H and O–H groups in total. The fourth-order valence-electron chi connectivity index (χ4n) is 3.70. The predicted octanol–water partition coefficient (Wildman–Crippen LogP) is 2.16. The number of rotatable bonds is 6. The molecule has 3 amide bonds. The molecule has 0 saturated carbocycles. The van der Waals surface area contributed by atoms with Gasteiger partial charge in [-0.2, -0.15) is 8.78 Å². The van der Waals surface area contributed by atoms with E-state index >= 15 is 0 Å². The molecule has 0 radical (unpaired) electrons. The Bertz CT molecular complexity index is 1080. The van der Waals surface area contributed by atoms with E-state index in [0.29, 0.717) is 0 Å². The zero-order chi connectivity index (χ0) is 25.1. The zero-order valence-corrected chi connectivity index (χ0v) is 18.1. The van der Waals surface area contributed by atoms with E-state index in [0.717, 1.165) is 22.1 Å².